The van der Waals surface area contributed by atoms with Crippen LogP contribution in [0.4, 0.5) is 11.4 Å². The van der Waals surface area contributed by atoms with E-state index in [4.69, 9.17) is 47.5 Å². The van der Waals surface area contributed by atoms with Crippen LogP contribution in [-0.4, -0.2) is 43.8 Å². The second kappa shape index (κ2) is 11.2. The molecule has 0 atom stereocenters. The fourth-order valence-electron chi connectivity index (χ4n) is 1.63. The van der Waals surface area contributed by atoms with Crippen molar-refractivity contribution >= 4 is 23.0 Å². The zero-order valence-corrected chi connectivity index (χ0v) is 14.7. The van der Waals surface area contributed by atoms with E-state index in [0.717, 1.165) is 0 Å². The molecule has 0 saturated heterocycles. The molecule has 25 heavy (non-hydrogen) atoms. The van der Waals surface area contributed by atoms with Gasteiger partial charge in [0.05, 0.1) is 30.5 Å². The molecule has 0 heterocycles. The second-order valence-corrected chi connectivity index (χ2v) is 5.29. The molecule has 0 aliphatic heterocycles. The van der Waals surface area contributed by atoms with Crippen molar-refractivity contribution in [1.29, 1.82) is 0 Å². The van der Waals surface area contributed by atoms with E-state index < -0.39 is 0 Å². The Bertz CT molecular complexity index is 655. The largest absolute Gasteiger partial charge is 0.508 e. The Morgan fingerprint density at radius 1 is 0.960 bits per heavy atom. The molecule has 2 aromatic rings. The molecule has 0 spiro atoms. The highest BCUT2D eigenvalue weighted by atomic mass is 35.5. The molecule has 138 valence electrons. The molecular formula is C17H23ClN2O5. The van der Waals surface area contributed by atoms with Gasteiger partial charge in [-0.25, -0.2) is 0 Å². The molecule has 6 N–H and O–H groups in total. The van der Waals surface area contributed by atoms with Gasteiger partial charge in [-0.1, -0.05) is 11.6 Å². The third-order valence-electron chi connectivity index (χ3n) is 2.88. The van der Waals surface area contributed by atoms with Crippen molar-refractivity contribution in [3.63, 3.8) is 0 Å². The molecule has 0 aliphatic rings. The number of benzene rings is 2. The molecule has 0 amide bonds. The number of phenols is 2. The van der Waals surface area contributed by atoms with Crippen LogP contribution in [0.5, 0.6) is 17.2 Å². The lowest BCUT2D eigenvalue weighted by atomic mass is 10.2. The van der Waals surface area contributed by atoms with E-state index in [1.807, 2.05) is 0 Å². The molecule has 0 unspecified atom stereocenters. The summed E-state index contributed by atoms with van der Waals surface area (Å²) in [5, 5.41) is 17.8. The number of ether oxygens (including phenoxy) is 3. The van der Waals surface area contributed by atoms with Crippen LogP contribution >= 0.6 is 11.6 Å². The lowest BCUT2D eigenvalue weighted by Gasteiger charge is -2.09. The Labute approximate surface area is 151 Å². The van der Waals surface area contributed by atoms with Gasteiger partial charge in [0, 0.05) is 24.9 Å². The summed E-state index contributed by atoms with van der Waals surface area (Å²) < 4.78 is 15.5. The Morgan fingerprint density at radius 3 is 2.32 bits per heavy atom. The molecule has 0 saturated carbocycles. The lowest BCUT2D eigenvalue weighted by Crippen LogP contribution is -2.10. The van der Waals surface area contributed by atoms with Crippen molar-refractivity contribution in [3.8, 4) is 17.2 Å². The molecule has 2 rings (SSSR count). The lowest BCUT2D eigenvalue weighted by molar-refractivity contribution is 0.0545. The zero-order valence-electron chi connectivity index (χ0n) is 13.9. The Hall–Kier alpha value is -2.35. The number of anilines is 2. The Balaban J connectivity index is 0.000000293. The minimum Gasteiger partial charge on any atom is -0.508 e. The van der Waals surface area contributed by atoms with Crippen molar-refractivity contribution in [2.75, 3.05) is 45.0 Å². The highest BCUT2D eigenvalue weighted by molar-refractivity contribution is 6.32. The van der Waals surface area contributed by atoms with Crippen LogP contribution in [0.3, 0.4) is 0 Å². The third kappa shape index (κ3) is 8.35. The first-order valence-corrected chi connectivity index (χ1v) is 7.83. The van der Waals surface area contributed by atoms with Crippen LogP contribution in [-0.2, 0) is 9.47 Å². The summed E-state index contributed by atoms with van der Waals surface area (Å²) in [7, 11) is 1.63. The summed E-state index contributed by atoms with van der Waals surface area (Å²) in [4.78, 5) is 0. The maximum Gasteiger partial charge on any atom is 0.144 e. The minimum atomic E-state index is -0.100. The van der Waals surface area contributed by atoms with Crippen molar-refractivity contribution < 1.29 is 24.4 Å². The number of aromatic hydroxyl groups is 2. The minimum absolute atomic E-state index is 0.0110. The standard InChI is InChI=1S/C11H18N2O3.C6H5ClO2/c1-14-4-5-15-6-7-16-11-8-9(12)2-3-10(11)13;7-5-2-1-4(8)3-6(5)9/h2-3,8H,4-7,12-13H2,1H3;1-3,8-9H. The van der Waals surface area contributed by atoms with Gasteiger partial charge < -0.3 is 35.9 Å². The number of rotatable bonds is 7. The van der Waals surface area contributed by atoms with Crippen molar-refractivity contribution in [1.82, 2.24) is 0 Å². The maximum atomic E-state index is 8.81. The Kier molecular flexibility index (Phi) is 9.31. The van der Waals surface area contributed by atoms with Gasteiger partial charge in [-0.2, -0.15) is 0 Å². The van der Waals surface area contributed by atoms with Gasteiger partial charge in [-0.05, 0) is 24.3 Å². The van der Waals surface area contributed by atoms with Crippen LogP contribution in [0.25, 0.3) is 0 Å². The van der Waals surface area contributed by atoms with E-state index in [1.54, 1.807) is 25.3 Å². The third-order valence-corrected chi connectivity index (χ3v) is 3.20. The monoisotopic (exact) mass is 370 g/mol. The van der Waals surface area contributed by atoms with Crippen LogP contribution in [0.15, 0.2) is 36.4 Å². The number of halogens is 1. The van der Waals surface area contributed by atoms with Crippen LogP contribution in [0.2, 0.25) is 5.02 Å². The van der Waals surface area contributed by atoms with Gasteiger partial charge in [0.15, 0.2) is 0 Å². The Morgan fingerprint density at radius 2 is 1.68 bits per heavy atom. The topological polar surface area (TPSA) is 120 Å². The smallest absolute Gasteiger partial charge is 0.144 e. The summed E-state index contributed by atoms with van der Waals surface area (Å²) in [6.07, 6.45) is 0. The zero-order chi connectivity index (χ0) is 18.7. The van der Waals surface area contributed by atoms with E-state index >= 15 is 0 Å². The maximum absolute atomic E-state index is 8.81. The number of hydrogen-bond acceptors (Lipinski definition) is 7. The molecule has 0 fully saturated rings. The fourth-order valence-corrected chi connectivity index (χ4v) is 1.75. The van der Waals surface area contributed by atoms with Crippen molar-refractivity contribution in [2.45, 2.75) is 0 Å². The van der Waals surface area contributed by atoms with Crippen LogP contribution < -0.4 is 16.2 Å². The molecule has 0 bridgehead atoms. The second-order valence-electron chi connectivity index (χ2n) is 4.89. The summed E-state index contributed by atoms with van der Waals surface area (Å²) in [5.41, 5.74) is 12.5. The highest BCUT2D eigenvalue weighted by Crippen LogP contribution is 2.26. The molecule has 8 heteroatoms. The predicted octanol–water partition coefficient (Wildman–Crippen LogP) is 2.64. The first-order valence-electron chi connectivity index (χ1n) is 7.46. The van der Waals surface area contributed by atoms with E-state index in [2.05, 4.69) is 0 Å². The molecule has 0 radical (unpaired) electrons. The molecule has 2 aromatic carbocycles. The SMILES string of the molecule is COCCOCCOc1cc(N)ccc1N.Oc1ccc(Cl)c(O)c1. The molecule has 7 nitrogen and oxygen atoms in total. The normalized spacial score (nSPS) is 10.0. The number of nitrogens with two attached hydrogens (primary N) is 2. The van der Waals surface area contributed by atoms with E-state index in [-0.39, 0.29) is 16.5 Å². The van der Waals surface area contributed by atoms with Gasteiger partial charge in [0.2, 0.25) is 0 Å². The molecule has 0 aliphatic carbocycles. The van der Waals surface area contributed by atoms with Crippen molar-refractivity contribution in [3.05, 3.63) is 41.4 Å². The number of hydrogen-bond donors (Lipinski definition) is 4. The van der Waals surface area contributed by atoms with Crippen molar-refractivity contribution in [2.24, 2.45) is 0 Å². The average molecular weight is 371 g/mol. The van der Waals surface area contributed by atoms with Gasteiger partial charge in [0.25, 0.3) is 0 Å². The first-order chi connectivity index (χ1) is 11.9. The van der Waals surface area contributed by atoms with E-state index in [1.165, 1.54) is 18.2 Å². The molecular weight excluding hydrogens is 348 g/mol. The van der Waals surface area contributed by atoms with Gasteiger partial charge in [-0.3, -0.25) is 0 Å². The van der Waals surface area contributed by atoms with E-state index in [0.29, 0.717) is 43.6 Å². The quantitative estimate of drug-likeness (QED) is 0.436. The van der Waals surface area contributed by atoms with Gasteiger partial charge in [0.1, 0.15) is 23.9 Å². The summed E-state index contributed by atoms with van der Waals surface area (Å²) in [6.45, 7) is 2.08. The summed E-state index contributed by atoms with van der Waals surface area (Å²) in [6, 6.07) is 9.16. The van der Waals surface area contributed by atoms with Crippen LogP contribution in [0, 0.1) is 0 Å². The van der Waals surface area contributed by atoms with Gasteiger partial charge >= 0.3 is 0 Å². The molecule has 0 aromatic heterocycles. The first kappa shape index (κ1) is 20.7. The van der Waals surface area contributed by atoms with E-state index in [9.17, 15) is 0 Å². The predicted molar refractivity (Wildman–Crippen MR) is 98.2 cm³/mol. The number of nitrogen functional groups attached to an aromatic ring is 2. The summed E-state index contributed by atoms with van der Waals surface area (Å²) in [5.74, 6) is 0.504. The number of phenolic OH excluding ortho intramolecular Hbond substituents is 2. The highest BCUT2D eigenvalue weighted by Gasteiger charge is 2.00. The van der Waals surface area contributed by atoms with Crippen LogP contribution in [0.1, 0.15) is 0 Å². The number of methoxy groups -OCH3 is 1. The van der Waals surface area contributed by atoms with Gasteiger partial charge in [-0.15, -0.1) is 0 Å². The average Bonchev–Trinajstić information content (AvgIpc) is 2.58. The summed E-state index contributed by atoms with van der Waals surface area (Å²) >= 11 is 5.42. The fraction of sp³-hybridized carbons (Fsp3) is 0.294.